The fourth-order valence-corrected chi connectivity index (χ4v) is 0.918. The summed E-state index contributed by atoms with van der Waals surface area (Å²) in [5.74, 6) is -0.843. The lowest BCUT2D eigenvalue weighted by molar-refractivity contribution is -0.0733. The first-order valence-electron chi connectivity index (χ1n) is 2.95. The van der Waals surface area contributed by atoms with Gasteiger partial charge in [-0.3, -0.25) is 5.14 Å². The highest BCUT2D eigenvalue weighted by Crippen LogP contribution is 2.22. The van der Waals surface area contributed by atoms with Gasteiger partial charge in [-0.05, 0) is 11.9 Å². The molecular formula is C5H6F3N3S. The zero-order valence-electron chi connectivity index (χ0n) is 6.09. The minimum Gasteiger partial charge on any atom is -0.272 e. The number of alkyl halides is 2. The molecule has 0 spiro atoms. The van der Waals surface area contributed by atoms with E-state index in [-0.39, 0.29) is 9.71 Å². The Balaban J connectivity index is 3.05. The van der Waals surface area contributed by atoms with Crippen molar-refractivity contribution in [2.45, 2.75) is 18.0 Å². The number of halogens is 3. The Morgan fingerprint density at radius 2 is 2.25 bits per heavy atom. The quantitative estimate of drug-likeness (QED) is 0.731. The van der Waals surface area contributed by atoms with Crippen molar-refractivity contribution in [2.75, 3.05) is 0 Å². The van der Waals surface area contributed by atoms with Gasteiger partial charge in [0.25, 0.3) is 0 Å². The molecule has 1 rings (SSSR count). The molecule has 12 heavy (non-hydrogen) atoms. The minimum atomic E-state index is -3.20. The van der Waals surface area contributed by atoms with Gasteiger partial charge in [0.05, 0.1) is 6.20 Å². The van der Waals surface area contributed by atoms with Crippen molar-refractivity contribution in [2.24, 2.45) is 5.14 Å². The van der Waals surface area contributed by atoms with Gasteiger partial charge in [-0.1, -0.05) is 0 Å². The summed E-state index contributed by atoms with van der Waals surface area (Å²) in [6, 6.07) is -3.20. The molecule has 0 radical (unpaired) electrons. The van der Waals surface area contributed by atoms with Crippen molar-refractivity contribution in [1.82, 2.24) is 9.78 Å². The molecule has 0 atom stereocenters. The Bertz CT molecular complexity index is 280. The Kier molecular flexibility index (Phi) is 2.34. The zero-order chi connectivity index (χ0) is 9.35. The van der Waals surface area contributed by atoms with Gasteiger partial charge in [0.1, 0.15) is 0 Å². The smallest absolute Gasteiger partial charge is 0.272 e. The highest BCUT2D eigenvalue weighted by molar-refractivity contribution is 7.97. The van der Waals surface area contributed by atoms with Gasteiger partial charge in [-0.2, -0.15) is 13.9 Å². The molecule has 7 heteroatoms. The molecule has 1 aromatic rings. The van der Waals surface area contributed by atoms with E-state index < -0.39 is 11.9 Å². The van der Waals surface area contributed by atoms with Gasteiger partial charge in [0.15, 0.2) is 10.8 Å². The molecule has 0 aliphatic carbocycles. The molecule has 0 bridgehead atoms. The number of aromatic nitrogens is 2. The Morgan fingerprint density at radius 3 is 2.50 bits per heavy atom. The Labute approximate surface area is 70.9 Å². The van der Waals surface area contributed by atoms with Gasteiger partial charge in [-0.15, -0.1) is 0 Å². The summed E-state index contributed by atoms with van der Waals surface area (Å²) in [6.07, 6.45) is 0.606. The third-order valence-electron chi connectivity index (χ3n) is 1.15. The molecule has 0 saturated carbocycles. The van der Waals surface area contributed by atoms with Crippen LogP contribution in [-0.4, -0.2) is 9.78 Å². The Morgan fingerprint density at radius 1 is 1.67 bits per heavy atom. The SMILES string of the molecule is CC(F)(F)n1cc(F)c(SN)n1. The van der Waals surface area contributed by atoms with Gasteiger partial charge in [-0.25, -0.2) is 9.07 Å². The summed E-state index contributed by atoms with van der Waals surface area (Å²) >= 11 is 0.492. The monoisotopic (exact) mass is 197 g/mol. The molecule has 0 amide bonds. The van der Waals surface area contributed by atoms with Gasteiger partial charge < -0.3 is 0 Å². The first kappa shape index (κ1) is 9.40. The fraction of sp³-hybridized carbons (Fsp3) is 0.400. The van der Waals surface area contributed by atoms with E-state index in [0.717, 1.165) is 0 Å². The summed E-state index contributed by atoms with van der Waals surface area (Å²) < 4.78 is 37.8. The maximum atomic E-state index is 12.6. The average molecular weight is 197 g/mol. The van der Waals surface area contributed by atoms with Crippen molar-refractivity contribution in [3.63, 3.8) is 0 Å². The van der Waals surface area contributed by atoms with Crippen molar-refractivity contribution in [3.8, 4) is 0 Å². The lowest BCUT2D eigenvalue weighted by Crippen LogP contribution is -2.18. The summed E-state index contributed by atoms with van der Waals surface area (Å²) in [7, 11) is 0. The van der Waals surface area contributed by atoms with Crippen LogP contribution >= 0.6 is 11.9 Å². The van der Waals surface area contributed by atoms with Crippen molar-refractivity contribution in [1.29, 1.82) is 0 Å². The highest BCUT2D eigenvalue weighted by Gasteiger charge is 2.26. The first-order valence-corrected chi connectivity index (χ1v) is 3.83. The van der Waals surface area contributed by atoms with E-state index in [1.807, 2.05) is 0 Å². The summed E-state index contributed by atoms with van der Waals surface area (Å²) in [4.78, 5) is 0. The first-order chi connectivity index (χ1) is 5.45. The van der Waals surface area contributed by atoms with Crippen LogP contribution in [0.25, 0.3) is 0 Å². The van der Waals surface area contributed by atoms with E-state index in [0.29, 0.717) is 25.1 Å². The molecule has 0 aromatic carbocycles. The third kappa shape index (κ3) is 1.72. The van der Waals surface area contributed by atoms with Crippen LogP contribution in [-0.2, 0) is 6.05 Å². The third-order valence-corrected chi connectivity index (χ3v) is 1.65. The van der Waals surface area contributed by atoms with Crippen molar-refractivity contribution in [3.05, 3.63) is 12.0 Å². The van der Waals surface area contributed by atoms with E-state index in [1.165, 1.54) is 0 Å². The number of nitrogens with zero attached hydrogens (tertiary/aromatic N) is 2. The molecule has 2 N–H and O–H groups in total. The van der Waals surface area contributed by atoms with Crippen LogP contribution in [0, 0.1) is 5.82 Å². The maximum absolute atomic E-state index is 12.6. The van der Waals surface area contributed by atoms with E-state index in [4.69, 9.17) is 5.14 Å². The van der Waals surface area contributed by atoms with Crippen LogP contribution in [0.5, 0.6) is 0 Å². The van der Waals surface area contributed by atoms with Gasteiger partial charge in [0, 0.05) is 6.92 Å². The summed E-state index contributed by atoms with van der Waals surface area (Å²) in [5.41, 5.74) is 0. The largest absolute Gasteiger partial charge is 0.340 e. The molecule has 0 unspecified atom stereocenters. The predicted molar refractivity (Wildman–Crippen MR) is 38.1 cm³/mol. The van der Waals surface area contributed by atoms with Crippen molar-refractivity contribution < 1.29 is 13.2 Å². The number of nitrogens with two attached hydrogens (primary N) is 1. The van der Waals surface area contributed by atoms with E-state index in [1.54, 1.807) is 0 Å². The number of hydrogen-bond acceptors (Lipinski definition) is 3. The predicted octanol–water partition coefficient (Wildman–Crippen LogP) is 1.56. The minimum absolute atomic E-state index is 0.234. The van der Waals surface area contributed by atoms with Gasteiger partial charge >= 0.3 is 6.05 Å². The lowest BCUT2D eigenvalue weighted by atomic mass is 10.6. The normalized spacial score (nSPS) is 12.1. The van der Waals surface area contributed by atoms with Crippen LogP contribution in [0.1, 0.15) is 6.92 Å². The molecular weight excluding hydrogens is 191 g/mol. The van der Waals surface area contributed by atoms with E-state index in [9.17, 15) is 13.2 Å². The number of hydrogen-bond donors (Lipinski definition) is 1. The molecule has 0 fully saturated rings. The van der Waals surface area contributed by atoms with Crippen molar-refractivity contribution >= 4 is 11.9 Å². The van der Waals surface area contributed by atoms with Crippen LogP contribution in [0.15, 0.2) is 11.2 Å². The lowest BCUT2D eigenvalue weighted by Gasteiger charge is -2.08. The van der Waals surface area contributed by atoms with Crippen LogP contribution in [0.2, 0.25) is 0 Å². The molecule has 1 heterocycles. The van der Waals surface area contributed by atoms with Crippen LogP contribution < -0.4 is 5.14 Å². The summed E-state index contributed by atoms with van der Waals surface area (Å²) in [6.45, 7) is 0.615. The van der Waals surface area contributed by atoms with Gasteiger partial charge in [0.2, 0.25) is 0 Å². The summed E-state index contributed by atoms with van der Waals surface area (Å²) in [5, 5.41) is 7.95. The molecule has 0 saturated heterocycles. The van der Waals surface area contributed by atoms with Crippen LogP contribution in [0.3, 0.4) is 0 Å². The Hall–Kier alpha value is -0.690. The highest BCUT2D eigenvalue weighted by atomic mass is 32.2. The molecule has 1 aromatic heterocycles. The van der Waals surface area contributed by atoms with E-state index in [2.05, 4.69) is 5.10 Å². The maximum Gasteiger partial charge on any atom is 0.340 e. The molecule has 3 nitrogen and oxygen atoms in total. The number of rotatable bonds is 2. The zero-order valence-corrected chi connectivity index (χ0v) is 6.91. The second kappa shape index (κ2) is 2.98. The standard InChI is InChI=1S/C5H6F3N3S/c1-5(7,8)11-2-3(6)4(10-11)12-9/h2H,9H2,1H3. The molecule has 0 aliphatic heterocycles. The topological polar surface area (TPSA) is 43.8 Å². The fourth-order valence-electron chi connectivity index (χ4n) is 0.618. The average Bonchev–Trinajstić information content (AvgIpc) is 2.29. The van der Waals surface area contributed by atoms with E-state index >= 15 is 0 Å². The molecule has 0 aliphatic rings. The second-order valence-corrected chi connectivity index (χ2v) is 2.81. The molecule has 68 valence electrons. The second-order valence-electron chi connectivity index (χ2n) is 2.19. The van der Waals surface area contributed by atoms with Crippen LogP contribution in [0.4, 0.5) is 13.2 Å².